The van der Waals surface area contributed by atoms with Crippen LogP contribution in [0.15, 0.2) is 18.3 Å². The van der Waals surface area contributed by atoms with Gasteiger partial charge in [-0.3, -0.25) is 0 Å². The Morgan fingerprint density at radius 1 is 1.50 bits per heavy atom. The van der Waals surface area contributed by atoms with Gasteiger partial charge in [0.25, 0.3) is 0 Å². The number of rotatable bonds is 3. The molecule has 0 bridgehead atoms. The van der Waals surface area contributed by atoms with Crippen molar-refractivity contribution in [2.24, 2.45) is 11.8 Å². The first-order valence-corrected chi connectivity index (χ1v) is 6.09. The molecule has 2 rings (SSSR count). The summed E-state index contributed by atoms with van der Waals surface area (Å²) in [7, 11) is 2.06. The van der Waals surface area contributed by atoms with Gasteiger partial charge < -0.3 is 11.1 Å². The van der Waals surface area contributed by atoms with Gasteiger partial charge in [0.2, 0.25) is 0 Å². The Hall–Kier alpha value is -1.09. The minimum absolute atomic E-state index is 0.669. The van der Waals surface area contributed by atoms with Crippen LogP contribution in [0.5, 0.6) is 0 Å². The fourth-order valence-corrected chi connectivity index (χ4v) is 2.85. The molecular weight excluding hydrogens is 198 g/mol. The van der Waals surface area contributed by atoms with Crippen molar-refractivity contribution in [2.45, 2.75) is 32.2 Å². The summed E-state index contributed by atoms with van der Waals surface area (Å²) in [5.74, 6) is 2.16. The Kier molecular flexibility index (Phi) is 3.44. The van der Waals surface area contributed by atoms with Crippen LogP contribution in [0.3, 0.4) is 0 Å². The highest BCUT2D eigenvalue weighted by molar-refractivity contribution is 5.38. The predicted octanol–water partition coefficient (Wildman–Crippen LogP) is 1.84. The maximum atomic E-state index is 5.88. The zero-order valence-corrected chi connectivity index (χ0v) is 10.1. The standard InChI is InChI=1S/C13H21N3/c1-9-10(5-6-12(9)15-2)8-11-4-3-7-16-13(11)14/h3-4,7,9-10,12,15H,5-6,8H2,1-2H3,(H2,14,16). The SMILES string of the molecule is CNC1CCC(Cc2cccnc2N)C1C. The molecular formula is C13H21N3. The van der Waals surface area contributed by atoms with E-state index in [0.29, 0.717) is 11.9 Å². The quantitative estimate of drug-likeness (QED) is 0.815. The summed E-state index contributed by atoms with van der Waals surface area (Å²) in [6.07, 6.45) is 5.40. The Bertz CT molecular complexity index is 351. The molecule has 88 valence electrons. The molecule has 0 saturated heterocycles. The maximum Gasteiger partial charge on any atom is 0.126 e. The van der Waals surface area contributed by atoms with Gasteiger partial charge in [-0.1, -0.05) is 13.0 Å². The highest BCUT2D eigenvalue weighted by Gasteiger charge is 2.31. The smallest absolute Gasteiger partial charge is 0.126 e. The van der Waals surface area contributed by atoms with Crippen LogP contribution in [0, 0.1) is 11.8 Å². The van der Waals surface area contributed by atoms with Gasteiger partial charge in [-0.2, -0.15) is 0 Å². The third kappa shape index (κ3) is 2.19. The van der Waals surface area contributed by atoms with Gasteiger partial charge in [0.1, 0.15) is 5.82 Å². The minimum Gasteiger partial charge on any atom is -0.383 e. The monoisotopic (exact) mass is 219 g/mol. The molecule has 1 aromatic heterocycles. The predicted molar refractivity (Wildman–Crippen MR) is 67.1 cm³/mol. The third-order valence-electron chi connectivity index (χ3n) is 4.01. The summed E-state index contributed by atoms with van der Waals surface area (Å²) >= 11 is 0. The molecule has 3 N–H and O–H groups in total. The largest absolute Gasteiger partial charge is 0.383 e. The first-order valence-electron chi connectivity index (χ1n) is 6.09. The molecule has 1 aliphatic carbocycles. The average molecular weight is 219 g/mol. The number of aromatic nitrogens is 1. The first-order chi connectivity index (χ1) is 7.72. The van der Waals surface area contributed by atoms with Gasteiger partial charge in [0, 0.05) is 12.2 Å². The van der Waals surface area contributed by atoms with E-state index in [2.05, 4.69) is 30.3 Å². The fraction of sp³-hybridized carbons (Fsp3) is 0.615. The Labute approximate surface area is 97.5 Å². The number of nitrogens with one attached hydrogen (secondary N) is 1. The molecule has 1 saturated carbocycles. The lowest BCUT2D eigenvalue weighted by atomic mass is 9.90. The molecule has 0 aromatic carbocycles. The molecule has 0 amide bonds. The van der Waals surface area contributed by atoms with E-state index in [-0.39, 0.29) is 0 Å². The zero-order valence-electron chi connectivity index (χ0n) is 10.1. The van der Waals surface area contributed by atoms with Crippen LogP contribution in [0.2, 0.25) is 0 Å². The molecule has 1 aliphatic rings. The Morgan fingerprint density at radius 2 is 2.31 bits per heavy atom. The minimum atomic E-state index is 0.669. The van der Waals surface area contributed by atoms with E-state index in [9.17, 15) is 0 Å². The van der Waals surface area contributed by atoms with Crippen LogP contribution in [0.1, 0.15) is 25.3 Å². The number of hydrogen-bond acceptors (Lipinski definition) is 3. The fourth-order valence-electron chi connectivity index (χ4n) is 2.85. The van der Waals surface area contributed by atoms with Gasteiger partial charge >= 0.3 is 0 Å². The summed E-state index contributed by atoms with van der Waals surface area (Å²) < 4.78 is 0. The number of anilines is 1. The molecule has 0 aliphatic heterocycles. The molecule has 1 fully saturated rings. The first kappa shape index (κ1) is 11.4. The highest BCUT2D eigenvalue weighted by atomic mass is 14.9. The summed E-state index contributed by atoms with van der Waals surface area (Å²) in [4.78, 5) is 4.15. The summed E-state index contributed by atoms with van der Waals surface area (Å²) in [6, 6.07) is 4.74. The Balaban J connectivity index is 2.04. The summed E-state index contributed by atoms with van der Waals surface area (Å²) in [6.45, 7) is 2.34. The van der Waals surface area contributed by atoms with Crippen LogP contribution in [0.25, 0.3) is 0 Å². The lowest BCUT2D eigenvalue weighted by Crippen LogP contribution is -2.29. The topological polar surface area (TPSA) is 50.9 Å². The molecule has 3 nitrogen and oxygen atoms in total. The van der Waals surface area contributed by atoms with Gasteiger partial charge in [0.05, 0.1) is 0 Å². The second-order valence-electron chi connectivity index (χ2n) is 4.84. The highest BCUT2D eigenvalue weighted by Crippen LogP contribution is 2.34. The number of pyridine rings is 1. The van der Waals surface area contributed by atoms with E-state index < -0.39 is 0 Å². The van der Waals surface area contributed by atoms with Crippen molar-refractivity contribution in [1.82, 2.24) is 10.3 Å². The van der Waals surface area contributed by atoms with Crippen molar-refractivity contribution in [3.63, 3.8) is 0 Å². The van der Waals surface area contributed by atoms with Crippen LogP contribution < -0.4 is 11.1 Å². The normalized spacial score (nSPS) is 29.5. The van der Waals surface area contributed by atoms with Gasteiger partial charge in [-0.25, -0.2) is 4.98 Å². The number of nitrogens with two attached hydrogens (primary N) is 1. The summed E-state index contributed by atoms with van der Waals surface area (Å²) in [5, 5.41) is 3.40. The van der Waals surface area contributed by atoms with Crippen LogP contribution >= 0.6 is 0 Å². The molecule has 0 spiro atoms. The van der Waals surface area contributed by atoms with Crippen LogP contribution in [-0.4, -0.2) is 18.1 Å². The molecule has 3 heteroatoms. The lowest BCUT2D eigenvalue weighted by molar-refractivity contribution is 0.364. The van der Waals surface area contributed by atoms with Gasteiger partial charge in [0.15, 0.2) is 0 Å². The van der Waals surface area contributed by atoms with Crippen LogP contribution in [0.4, 0.5) is 5.82 Å². The zero-order chi connectivity index (χ0) is 11.5. The molecule has 16 heavy (non-hydrogen) atoms. The molecule has 3 atom stereocenters. The number of hydrogen-bond donors (Lipinski definition) is 2. The number of nitrogen functional groups attached to an aromatic ring is 1. The van der Waals surface area contributed by atoms with Crippen molar-refractivity contribution >= 4 is 5.82 Å². The van der Waals surface area contributed by atoms with Crippen molar-refractivity contribution < 1.29 is 0 Å². The van der Waals surface area contributed by atoms with Crippen molar-refractivity contribution in [3.8, 4) is 0 Å². The number of nitrogens with zero attached hydrogens (tertiary/aromatic N) is 1. The van der Waals surface area contributed by atoms with Crippen molar-refractivity contribution in [3.05, 3.63) is 23.9 Å². The van der Waals surface area contributed by atoms with Gasteiger partial charge in [-0.05, 0) is 49.8 Å². The van der Waals surface area contributed by atoms with Crippen LogP contribution in [-0.2, 0) is 6.42 Å². The molecule has 1 heterocycles. The lowest BCUT2D eigenvalue weighted by Gasteiger charge is -2.20. The molecule has 0 radical (unpaired) electrons. The second kappa shape index (κ2) is 4.83. The van der Waals surface area contributed by atoms with Crippen molar-refractivity contribution in [1.29, 1.82) is 0 Å². The van der Waals surface area contributed by atoms with E-state index in [4.69, 9.17) is 5.73 Å². The molecule has 3 unspecified atom stereocenters. The van der Waals surface area contributed by atoms with E-state index in [1.165, 1.54) is 18.4 Å². The van der Waals surface area contributed by atoms with E-state index in [1.807, 2.05) is 6.07 Å². The third-order valence-corrected chi connectivity index (χ3v) is 4.01. The van der Waals surface area contributed by atoms with E-state index >= 15 is 0 Å². The van der Waals surface area contributed by atoms with Gasteiger partial charge in [-0.15, -0.1) is 0 Å². The second-order valence-corrected chi connectivity index (χ2v) is 4.84. The van der Waals surface area contributed by atoms with E-state index in [0.717, 1.165) is 18.3 Å². The van der Waals surface area contributed by atoms with E-state index in [1.54, 1.807) is 6.20 Å². The summed E-state index contributed by atoms with van der Waals surface area (Å²) in [5.41, 5.74) is 7.09. The maximum absolute atomic E-state index is 5.88. The average Bonchev–Trinajstić information content (AvgIpc) is 2.63. The molecule has 1 aromatic rings. The Morgan fingerprint density at radius 3 is 2.94 bits per heavy atom. The van der Waals surface area contributed by atoms with Crippen molar-refractivity contribution in [2.75, 3.05) is 12.8 Å².